The van der Waals surface area contributed by atoms with Crippen molar-refractivity contribution in [1.29, 1.82) is 0 Å². The lowest BCUT2D eigenvalue weighted by Gasteiger charge is -2.31. The minimum Gasteiger partial charge on any atom is -0.494 e. The van der Waals surface area contributed by atoms with Crippen molar-refractivity contribution < 1.29 is 4.74 Å². The Labute approximate surface area is 129 Å². The zero-order valence-electron chi connectivity index (χ0n) is 13.8. The second-order valence-electron chi connectivity index (χ2n) is 6.58. The summed E-state index contributed by atoms with van der Waals surface area (Å²) in [6, 6.07) is 8.95. The zero-order valence-corrected chi connectivity index (χ0v) is 13.8. The number of nitrogens with one attached hydrogen (secondary N) is 1. The lowest BCUT2D eigenvalue weighted by molar-refractivity contribution is 0.222. The Bertz CT molecular complexity index is 402. The second-order valence-corrected chi connectivity index (χ2v) is 6.58. The number of benzene rings is 1. The summed E-state index contributed by atoms with van der Waals surface area (Å²) in [6.07, 6.45) is 5.05. The maximum atomic E-state index is 5.85. The monoisotopic (exact) mass is 290 g/mol. The Morgan fingerprint density at radius 1 is 1.19 bits per heavy atom. The first-order valence-electron chi connectivity index (χ1n) is 8.21. The number of nitrogens with zero attached hydrogens (tertiary/aromatic N) is 1. The van der Waals surface area contributed by atoms with Crippen molar-refractivity contribution in [2.24, 2.45) is 5.92 Å². The van der Waals surface area contributed by atoms with Gasteiger partial charge in [-0.05, 0) is 77.8 Å². The van der Waals surface area contributed by atoms with Gasteiger partial charge in [0.1, 0.15) is 5.75 Å². The Kier molecular flexibility index (Phi) is 6.52. The zero-order chi connectivity index (χ0) is 15.1. The van der Waals surface area contributed by atoms with E-state index in [-0.39, 0.29) is 0 Å². The molecule has 2 atom stereocenters. The van der Waals surface area contributed by atoms with E-state index in [9.17, 15) is 0 Å². The van der Waals surface area contributed by atoms with Crippen LogP contribution in [0.4, 0.5) is 0 Å². The van der Waals surface area contributed by atoms with E-state index >= 15 is 0 Å². The van der Waals surface area contributed by atoms with Crippen LogP contribution >= 0.6 is 0 Å². The molecule has 1 aliphatic rings. The molecular formula is C18H30N2O. The highest BCUT2D eigenvalue weighted by Gasteiger charge is 2.21. The highest BCUT2D eigenvalue weighted by atomic mass is 16.5. The van der Waals surface area contributed by atoms with Crippen molar-refractivity contribution in [2.75, 3.05) is 33.8 Å². The van der Waals surface area contributed by atoms with Crippen LogP contribution in [0.25, 0.3) is 0 Å². The molecule has 0 radical (unpaired) electrons. The van der Waals surface area contributed by atoms with Gasteiger partial charge >= 0.3 is 0 Å². The van der Waals surface area contributed by atoms with Crippen LogP contribution in [0.5, 0.6) is 5.75 Å². The molecule has 1 saturated heterocycles. The van der Waals surface area contributed by atoms with Crippen LogP contribution in [-0.4, -0.2) is 44.7 Å². The fourth-order valence-corrected chi connectivity index (χ4v) is 2.97. The Morgan fingerprint density at radius 2 is 1.95 bits per heavy atom. The molecule has 0 amide bonds. The van der Waals surface area contributed by atoms with E-state index in [2.05, 4.69) is 55.5 Å². The van der Waals surface area contributed by atoms with E-state index in [1.54, 1.807) is 0 Å². The van der Waals surface area contributed by atoms with Crippen molar-refractivity contribution in [3.8, 4) is 5.75 Å². The molecule has 3 heteroatoms. The van der Waals surface area contributed by atoms with Crippen LogP contribution in [0.2, 0.25) is 0 Å². The van der Waals surface area contributed by atoms with Crippen LogP contribution in [0.1, 0.15) is 31.2 Å². The summed E-state index contributed by atoms with van der Waals surface area (Å²) in [5.41, 5.74) is 1.28. The predicted octanol–water partition coefficient (Wildman–Crippen LogP) is 3.08. The summed E-state index contributed by atoms with van der Waals surface area (Å²) in [4.78, 5) is 2.29. The van der Waals surface area contributed by atoms with Crippen molar-refractivity contribution in [3.05, 3.63) is 29.8 Å². The number of ether oxygens (including phenoxy) is 1. The first-order valence-corrected chi connectivity index (χ1v) is 8.21. The van der Waals surface area contributed by atoms with Gasteiger partial charge in [-0.25, -0.2) is 0 Å². The average molecular weight is 290 g/mol. The standard InChI is InChI=1S/C18H30N2O/c1-15-4-6-18(7-5-15)21-13-10-17-14-16(8-11-19-17)9-12-20(2)3/h4-7,16-17,19H,8-14H2,1-3H3. The molecule has 2 rings (SSSR count). The maximum Gasteiger partial charge on any atom is 0.119 e. The molecule has 0 bridgehead atoms. The minimum absolute atomic E-state index is 0.622. The average Bonchev–Trinajstić information content (AvgIpc) is 2.48. The topological polar surface area (TPSA) is 24.5 Å². The van der Waals surface area contributed by atoms with Crippen molar-refractivity contribution >= 4 is 0 Å². The van der Waals surface area contributed by atoms with Crippen LogP contribution < -0.4 is 10.1 Å². The summed E-state index contributed by atoms with van der Waals surface area (Å²) in [6.45, 7) is 5.27. The largest absolute Gasteiger partial charge is 0.494 e. The van der Waals surface area contributed by atoms with Crippen molar-refractivity contribution in [1.82, 2.24) is 10.2 Å². The molecule has 1 aromatic carbocycles. The predicted molar refractivity (Wildman–Crippen MR) is 89.0 cm³/mol. The van der Waals surface area contributed by atoms with Crippen LogP contribution in [0.15, 0.2) is 24.3 Å². The molecule has 2 unspecified atom stereocenters. The van der Waals surface area contributed by atoms with Crippen LogP contribution in [0, 0.1) is 12.8 Å². The van der Waals surface area contributed by atoms with Crippen molar-refractivity contribution in [2.45, 2.75) is 38.6 Å². The number of hydrogen-bond acceptors (Lipinski definition) is 3. The normalized spacial score (nSPS) is 22.5. The third kappa shape index (κ3) is 6.06. The molecule has 118 valence electrons. The van der Waals surface area contributed by atoms with Gasteiger partial charge in [0.15, 0.2) is 0 Å². The molecule has 3 nitrogen and oxygen atoms in total. The molecule has 0 aromatic heterocycles. The van der Waals surface area contributed by atoms with Gasteiger partial charge in [0, 0.05) is 6.04 Å². The first-order chi connectivity index (χ1) is 10.1. The summed E-state index contributed by atoms with van der Waals surface area (Å²) < 4.78 is 5.85. The van der Waals surface area contributed by atoms with E-state index in [1.807, 2.05) is 0 Å². The van der Waals surface area contributed by atoms with Crippen LogP contribution in [-0.2, 0) is 0 Å². The Balaban J connectivity index is 1.66. The van der Waals surface area contributed by atoms with E-state index in [0.29, 0.717) is 6.04 Å². The summed E-state index contributed by atoms with van der Waals surface area (Å²) in [5, 5.41) is 3.64. The SMILES string of the molecule is Cc1ccc(OCCC2CC(CCN(C)C)CCN2)cc1. The summed E-state index contributed by atoms with van der Waals surface area (Å²) >= 11 is 0. The summed E-state index contributed by atoms with van der Waals surface area (Å²) in [5.74, 6) is 1.86. The molecule has 1 aromatic rings. The Morgan fingerprint density at radius 3 is 2.67 bits per heavy atom. The van der Waals surface area contributed by atoms with E-state index < -0.39 is 0 Å². The number of piperidine rings is 1. The van der Waals surface area contributed by atoms with Gasteiger partial charge in [-0.15, -0.1) is 0 Å². The molecule has 0 saturated carbocycles. The molecule has 21 heavy (non-hydrogen) atoms. The van der Waals surface area contributed by atoms with Gasteiger partial charge < -0.3 is 15.0 Å². The van der Waals surface area contributed by atoms with Gasteiger partial charge in [0.2, 0.25) is 0 Å². The van der Waals surface area contributed by atoms with Gasteiger partial charge in [0.05, 0.1) is 6.61 Å². The molecule has 1 aliphatic heterocycles. The van der Waals surface area contributed by atoms with Gasteiger partial charge in [0.25, 0.3) is 0 Å². The Hall–Kier alpha value is -1.06. The number of aryl methyl sites for hydroxylation is 1. The maximum absolute atomic E-state index is 5.85. The first kappa shape index (κ1) is 16.3. The van der Waals surface area contributed by atoms with E-state index in [0.717, 1.165) is 31.2 Å². The van der Waals surface area contributed by atoms with Gasteiger partial charge in [-0.2, -0.15) is 0 Å². The number of hydrogen-bond donors (Lipinski definition) is 1. The third-order valence-electron chi connectivity index (χ3n) is 4.34. The quantitative estimate of drug-likeness (QED) is 0.835. The molecule has 1 fully saturated rings. The van der Waals surface area contributed by atoms with E-state index in [4.69, 9.17) is 4.74 Å². The summed E-state index contributed by atoms with van der Waals surface area (Å²) in [7, 11) is 4.32. The fourth-order valence-electron chi connectivity index (χ4n) is 2.97. The van der Waals surface area contributed by atoms with Gasteiger partial charge in [-0.1, -0.05) is 17.7 Å². The molecule has 0 spiro atoms. The second kappa shape index (κ2) is 8.40. The third-order valence-corrected chi connectivity index (χ3v) is 4.34. The highest BCUT2D eigenvalue weighted by molar-refractivity contribution is 5.26. The van der Waals surface area contributed by atoms with Crippen molar-refractivity contribution in [3.63, 3.8) is 0 Å². The van der Waals surface area contributed by atoms with E-state index in [1.165, 1.54) is 31.4 Å². The van der Waals surface area contributed by atoms with Crippen LogP contribution in [0.3, 0.4) is 0 Å². The smallest absolute Gasteiger partial charge is 0.119 e. The molecule has 0 aliphatic carbocycles. The number of rotatable bonds is 7. The lowest BCUT2D eigenvalue weighted by Crippen LogP contribution is -2.39. The van der Waals surface area contributed by atoms with Gasteiger partial charge in [-0.3, -0.25) is 0 Å². The lowest BCUT2D eigenvalue weighted by atomic mass is 9.88. The molecule has 1 N–H and O–H groups in total. The molecular weight excluding hydrogens is 260 g/mol. The molecule has 1 heterocycles. The highest BCUT2D eigenvalue weighted by Crippen LogP contribution is 2.22. The minimum atomic E-state index is 0.622. The fraction of sp³-hybridized carbons (Fsp3) is 0.667.